The Morgan fingerprint density at radius 1 is 0.615 bits per heavy atom. The van der Waals surface area contributed by atoms with Crippen molar-refractivity contribution in [3.8, 4) is 0 Å². The Hall–Kier alpha value is -0.340. The molecule has 156 valence electrons. The Labute approximate surface area is 165 Å². The first-order chi connectivity index (χ1) is 12.7. The molecule has 0 heterocycles. The van der Waals surface area contributed by atoms with Crippen molar-refractivity contribution >= 4 is 0 Å². The van der Waals surface area contributed by atoms with Crippen LogP contribution in [0.15, 0.2) is 12.2 Å². The van der Waals surface area contributed by atoms with Gasteiger partial charge in [-0.05, 0) is 43.9 Å². The number of hydrogen-bond donors (Lipinski definition) is 2. The molecule has 0 spiro atoms. The minimum absolute atomic E-state index is 0.643. The molecular formula is C24H50N2. The van der Waals surface area contributed by atoms with E-state index in [-0.39, 0.29) is 0 Å². The smallest absolute Gasteiger partial charge is 0.00974 e. The van der Waals surface area contributed by atoms with Gasteiger partial charge in [0.15, 0.2) is 0 Å². The molecule has 0 aliphatic carbocycles. The third kappa shape index (κ3) is 14.8. The molecule has 3 N–H and O–H groups in total. The van der Waals surface area contributed by atoms with Gasteiger partial charge < -0.3 is 0 Å². The Morgan fingerprint density at radius 2 is 1.04 bits per heavy atom. The van der Waals surface area contributed by atoms with Gasteiger partial charge >= 0.3 is 0 Å². The van der Waals surface area contributed by atoms with Crippen molar-refractivity contribution in [2.45, 2.75) is 130 Å². The molecule has 0 aromatic heterocycles. The lowest BCUT2D eigenvalue weighted by Crippen LogP contribution is -2.22. The second-order valence-electron chi connectivity index (χ2n) is 8.20. The summed E-state index contributed by atoms with van der Waals surface area (Å²) in [4.78, 5) is 0. The molecule has 2 heteroatoms. The molecule has 0 bridgehead atoms. The Balaban J connectivity index is 3.31. The number of unbranched alkanes of at least 4 members (excludes halogenated alkanes) is 11. The van der Waals surface area contributed by atoms with Gasteiger partial charge in [0, 0.05) is 6.54 Å². The molecule has 0 amide bonds. The van der Waals surface area contributed by atoms with E-state index in [1.807, 2.05) is 0 Å². The maximum Gasteiger partial charge on any atom is 0.00974 e. The van der Waals surface area contributed by atoms with Crippen LogP contribution in [0.3, 0.4) is 0 Å². The topological polar surface area (TPSA) is 38.0 Å². The highest BCUT2D eigenvalue weighted by Gasteiger charge is 2.22. The van der Waals surface area contributed by atoms with Crippen molar-refractivity contribution in [1.82, 2.24) is 5.43 Å². The molecule has 0 fully saturated rings. The van der Waals surface area contributed by atoms with Crippen molar-refractivity contribution in [3.05, 3.63) is 12.2 Å². The van der Waals surface area contributed by atoms with Gasteiger partial charge in [-0.2, -0.15) is 0 Å². The van der Waals surface area contributed by atoms with Crippen molar-refractivity contribution in [3.63, 3.8) is 0 Å². The lowest BCUT2D eigenvalue weighted by atomic mass is 9.75. The van der Waals surface area contributed by atoms with Crippen LogP contribution in [0, 0.1) is 5.41 Å². The predicted molar refractivity (Wildman–Crippen MR) is 119 cm³/mol. The molecule has 0 saturated heterocycles. The van der Waals surface area contributed by atoms with E-state index in [0.29, 0.717) is 5.41 Å². The summed E-state index contributed by atoms with van der Waals surface area (Å²) in [7, 11) is 0. The molecule has 0 aliphatic heterocycles. The monoisotopic (exact) mass is 366 g/mol. The first kappa shape index (κ1) is 25.7. The number of hydrazine groups is 1. The molecule has 0 radical (unpaired) electrons. The fraction of sp³-hybridized carbons (Fsp3) is 0.917. The SMILES string of the molecule is CCC(CC)(CC)CCCCCCC/C=C\CCCCCCCCNN. The highest BCUT2D eigenvalue weighted by molar-refractivity contribution is 4.81. The van der Waals surface area contributed by atoms with E-state index in [1.54, 1.807) is 0 Å². The van der Waals surface area contributed by atoms with Gasteiger partial charge in [-0.25, -0.2) is 0 Å². The number of nitrogens with two attached hydrogens (primary N) is 1. The summed E-state index contributed by atoms with van der Waals surface area (Å²) in [5, 5.41) is 0. The van der Waals surface area contributed by atoms with E-state index < -0.39 is 0 Å². The van der Waals surface area contributed by atoms with E-state index in [2.05, 4.69) is 38.3 Å². The molecular weight excluding hydrogens is 316 g/mol. The van der Waals surface area contributed by atoms with Crippen molar-refractivity contribution in [2.24, 2.45) is 11.3 Å². The first-order valence-corrected chi connectivity index (χ1v) is 11.8. The number of nitrogens with one attached hydrogen (secondary N) is 1. The van der Waals surface area contributed by atoms with Crippen LogP contribution in [0.1, 0.15) is 130 Å². The molecule has 26 heavy (non-hydrogen) atoms. The summed E-state index contributed by atoms with van der Waals surface area (Å²) >= 11 is 0. The number of hydrogen-bond acceptors (Lipinski definition) is 2. The molecule has 0 aliphatic rings. The van der Waals surface area contributed by atoms with Gasteiger partial charge in [-0.3, -0.25) is 11.3 Å². The predicted octanol–water partition coefficient (Wildman–Crippen LogP) is 7.68. The van der Waals surface area contributed by atoms with Crippen molar-refractivity contribution in [2.75, 3.05) is 6.54 Å². The van der Waals surface area contributed by atoms with Crippen LogP contribution < -0.4 is 11.3 Å². The third-order valence-electron chi connectivity index (χ3n) is 6.44. The van der Waals surface area contributed by atoms with Crippen LogP contribution in [-0.4, -0.2) is 6.54 Å². The summed E-state index contributed by atoms with van der Waals surface area (Å²) in [6, 6.07) is 0. The average Bonchev–Trinajstić information content (AvgIpc) is 2.68. The van der Waals surface area contributed by atoms with Crippen LogP contribution >= 0.6 is 0 Å². The second-order valence-corrected chi connectivity index (χ2v) is 8.20. The number of allylic oxidation sites excluding steroid dienone is 2. The highest BCUT2D eigenvalue weighted by Crippen LogP contribution is 2.36. The summed E-state index contributed by atoms with van der Waals surface area (Å²) in [6.07, 6.45) is 28.0. The first-order valence-electron chi connectivity index (χ1n) is 11.8. The van der Waals surface area contributed by atoms with Gasteiger partial charge in [0.05, 0.1) is 0 Å². The van der Waals surface area contributed by atoms with E-state index in [1.165, 1.54) is 109 Å². The Morgan fingerprint density at radius 3 is 1.50 bits per heavy atom. The second kappa shape index (κ2) is 19.4. The van der Waals surface area contributed by atoms with Crippen molar-refractivity contribution in [1.29, 1.82) is 0 Å². The van der Waals surface area contributed by atoms with Crippen LogP contribution in [0.25, 0.3) is 0 Å². The standard InChI is InChI=1S/C24H50N2/c1-4-24(5-2,6-3)22-20-18-16-14-12-10-8-7-9-11-13-15-17-19-21-23-26-25/h7-8,26H,4-6,9-23,25H2,1-3H3/b8-7-. The molecule has 0 aromatic carbocycles. The summed E-state index contributed by atoms with van der Waals surface area (Å²) in [5.41, 5.74) is 3.36. The third-order valence-corrected chi connectivity index (χ3v) is 6.44. The van der Waals surface area contributed by atoms with Gasteiger partial charge in [-0.15, -0.1) is 0 Å². The molecule has 0 atom stereocenters. The van der Waals surface area contributed by atoms with Gasteiger partial charge in [0.2, 0.25) is 0 Å². The maximum atomic E-state index is 5.26. The zero-order chi connectivity index (χ0) is 19.3. The molecule has 0 aromatic rings. The summed E-state index contributed by atoms with van der Waals surface area (Å²) in [5.74, 6) is 5.26. The number of rotatable bonds is 20. The van der Waals surface area contributed by atoms with Crippen LogP contribution in [0.2, 0.25) is 0 Å². The highest BCUT2D eigenvalue weighted by atomic mass is 15.2. The van der Waals surface area contributed by atoms with E-state index in [0.717, 1.165) is 6.54 Å². The van der Waals surface area contributed by atoms with Gasteiger partial charge in [-0.1, -0.05) is 104 Å². The quantitative estimate of drug-likeness (QED) is 0.100. The minimum Gasteiger partial charge on any atom is -0.271 e. The van der Waals surface area contributed by atoms with Crippen LogP contribution in [0.5, 0.6) is 0 Å². The molecule has 0 saturated carbocycles. The lowest BCUT2D eigenvalue weighted by Gasteiger charge is -2.30. The maximum absolute atomic E-state index is 5.26. The van der Waals surface area contributed by atoms with Crippen LogP contribution in [-0.2, 0) is 0 Å². The van der Waals surface area contributed by atoms with Crippen molar-refractivity contribution < 1.29 is 0 Å². The Kier molecular flexibility index (Phi) is 19.2. The van der Waals surface area contributed by atoms with E-state index >= 15 is 0 Å². The summed E-state index contributed by atoms with van der Waals surface area (Å²) < 4.78 is 0. The van der Waals surface area contributed by atoms with Gasteiger partial charge in [0.1, 0.15) is 0 Å². The molecule has 2 nitrogen and oxygen atoms in total. The normalized spacial score (nSPS) is 12.3. The van der Waals surface area contributed by atoms with E-state index in [9.17, 15) is 0 Å². The largest absolute Gasteiger partial charge is 0.271 e. The zero-order valence-electron chi connectivity index (χ0n) is 18.5. The van der Waals surface area contributed by atoms with Gasteiger partial charge in [0.25, 0.3) is 0 Å². The Bertz CT molecular complexity index is 286. The minimum atomic E-state index is 0.643. The molecule has 0 unspecified atom stereocenters. The molecule has 0 rings (SSSR count). The summed E-state index contributed by atoms with van der Waals surface area (Å²) in [6.45, 7) is 8.08. The zero-order valence-corrected chi connectivity index (χ0v) is 18.5. The van der Waals surface area contributed by atoms with Crippen LogP contribution in [0.4, 0.5) is 0 Å². The fourth-order valence-corrected chi connectivity index (χ4v) is 4.00. The lowest BCUT2D eigenvalue weighted by molar-refractivity contribution is 0.220. The average molecular weight is 367 g/mol. The van der Waals surface area contributed by atoms with E-state index in [4.69, 9.17) is 5.84 Å². The fourth-order valence-electron chi connectivity index (χ4n) is 4.00.